The van der Waals surface area contributed by atoms with Crippen molar-refractivity contribution < 1.29 is 29.1 Å². The number of rotatable bonds is 8. The SMILES string of the molecule is COCC1=C2[C@@H](CC/C(=C/c3cc(Br)ccc3O)c3ccccn3)OB(O)C[C@@H]2[C@@H]2C(=O)N(c3ccccc3)C(=O)[C@@H]2C1. The Labute approximate surface area is 259 Å². The lowest BCUT2D eigenvalue weighted by molar-refractivity contribution is -0.122. The molecule has 3 aliphatic rings. The minimum Gasteiger partial charge on any atom is -0.507 e. The molecule has 2 aromatic carbocycles. The molecule has 2 N–H and O–H groups in total. The van der Waals surface area contributed by atoms with Gasteiger partial charge in [-0.05, 0) is 96.8 Å². The van der Waals surface area contributed by atoms with Crippen molar-refractivity contribution in [3.63, 3.8) is 0 Å². The molecular weight excluding hydrogens is 611 g/mol. The number of carbonyl (C=O) groups excluding carboxylic acids is 2. The van der Waals surface area contributed by atoms with E-state index < -0.39 is 25.1 Å². The summed E-state index contributed by atoms with van der Waals surface area (Å²) in [6.45, 7) is 0.312. The molecule has 0 unspecified atom stereocenters. The zero-order valence-corrected chi connectivity index (χ0v) is 25.3. The summed E-state index contributed by atoms with van der Waals surface area (Å²) in [6, 6.07) is 20.0. The van der Waals surface area contributed by atoms with E-state index in [9.17, 15) is 19.7 Å². The van der Waals surface area contributed by atoms with E-state index in [1.54, 1.807) is 37.6 Å². The summed E-state index contributed by atoms with van der Waals surface area (Å²) in [4.78, 5) is 33.4. The number of hydrogen-bond donors (Lipinski definition) is 2. The Morgan fingerprint density at radius 1 is 1.12 bits per heavy atom. The fourth-order valence-corrected chi connectivity index (χ4v) is 7.22. The number of halogens is 1. The number of phenolic OH excluding ortho intramolecular Hbond substituents is 1. The van der Waals surface area contributed by atoms with Gasteiger partial charge in [0.15, 0.2) is 0 Å². The topological polar surface area (TPSA) is 109 Å². The van der Waals surface area contributed by atoms with Crippen molar-refractivity contribution in [1.29, 1.82) is 0 Å². The normalized spacial score (nSPS) is 23.9. The third-order valence-corrected chi connectivity index (χ3v) is 9.12. The first-order chi connectivity index (χ1) is 20.9. The van der Waals surface area contributed by atoms with Gasteiger partial charge in [-0.1, -0.05) is 40.2 Å². The number of fused-ring (bicyclic) bond motifs is 3. The second-order valence-electron chi connectivity index (χ2n) is 11.2. The van der Waals surface area contributed by atoms with Crippen molar-refractivity contribution in [3.8, 4) is 5.75 Å². The van der Waals surface area contributed by atoms with Gasteiger partial charge in [-0.2, -0.15) is 0 Å². The number of anilines is 1. The molecular formula is C33H32BBrN2O6. The Morgan fingerprint density at radius 3 is 2.65 bits per heavy atom. The first-order valence-corrected chi connectivity index (χ1v) is 15.2. The van der Waals surface area contributed by atoms with E-state index in [2.05, 4.69) is 20.9 Å². The molecule has 10 heteroatoms. The van der Waals surface area contributed by atoms with Crippen LogP contribution in [-0.4, -0.2) is 53.9 Å². The molecule has 2 amide bonds. The largest absolute Gasteiger partial charge is 0.507 e. The number of allylic oxidation sites excluding steroid dienone is 1. The van der Waals surface area contributed by atoms with Gasteiger partial charge in [-0.25, -0.2) is 0 Å². The maximum absolute atomic E-state index is 13.9. The van der Waals surface area contributed by atoms with Crippen LogP contribution in [0.5, 0.6) is 5.75 Å². The number of ether oxygens (including phenoxy) is 1. The van der Waals surface area contributed by atoms with Crippen molar-refractivity contribution in [2.24, 2.45) is 17.8 Å². The molecule has 2 aliphatic heterocycles. The number of pyridine rings is 1. The van der Waals surface area contributed by atoms with E-state index in [4.69, 9.17) is 9.39 Å². The van der Waals surface area contributed by atoms with Crippen LogP contribution in [-0.2, 0) is 19.0 Å². The lowest BCUT2D eigenvalue weighted by Crippen LogP contribution is -2.46. The van der Waals surface area contributed by atoms with Crippen LogP contribution in [0.1, 0.15) is 30.5 Å². The number of benzene rings is 2. The number of aromatic hydroxyl groups is 1. The van der Waals surface area contributed by atoms with Crippen LogP contribution in [0.3, 0.4) is 0 Å². The van der Waals surface area contributed by atoms with Gasteiger partial charge in [0.05, 0.1) is 35.9 Å². The van der Waals surface area contributed by atoms with E-state index >= 15 is 0 Å². The van der Waals surface area contributed by atoms with E-state index in [0.717, 1.165) is 26.9 Å². The van der Waals surface area contributed by atoms with Crippen molar-refractivity contribution in [2.75, 3.05) is 18.6 Å². The van der Waals surface area contributed by atoms with Gasteiger partial charge >= 0.3 is 7.12 Å². The fourth-order valence-electron chi connectivity index (χ4n) is 6.84. The molecule has 4 atom stereocenters. The summed E-state index contributed by atoms with van der Waals surface area (Å²) >= 11 is 3.48. The van der Waals surface area contributed by atoms with Crippen LogP contribution in [0.4, 0.5) is 5.69 Å². The monoisotopic (exact) mass is 642 g/mol. The molecule has 220 valence electrons. The van der Waals surface area contributed by atoms with Gasteiger partial charge in [0.1, 0.15) is 5.75 Å². The van der Waals surface area contributed by atoms with Gasteiger partial charge in [0.2, 0.25) is 11.8 Å². The third kappa shape index (κ3) is 5.84. The Kier molecular flexibility index (Phi) is 8.63. The number of methoxy groups -OCH3 is 1. The minimum atomic E-state index is -1.08. The standard InChI is InChI=1S/C33H32BBrN2O6/c1-42-19-22-17-25-31(33(40)37(32(25)39)24-7-3-2-4-8-24)26-18-34(41)43-29(30(22)26)13-10-20(27-9-5-6-14-36-27)15-21-16-23(35)11-12-28(21)38/h2-9,11-12,14-16,25-26,29,31,38,41H,10,13,17-19H2,1H3/b20-15-/t25-,26+,29-,31-/m1/s1. The molecule has 3 aromatic rings. The number of hydrogen-bond acceptors (Lipinski definition) is 7. The Hall–Kier alpha value is -3.57. The lowest BCUT2D eigenvalue weighted by atomic mass is 9.58. The number of para-hydroxylation sites is 1. The number of amides is 2. The molecule has 6 rings (SSSR count). The molecule has 1 aliphatic carbocycles. The smallest absolute Gasteiger partial charge is 0.455 e. The maximum Gasteiger partial charge on any atom is 0.455 e. The zero-order valence-electron chi connectivity index (χ0n) is 23.7. The fraction of sp³-hybridized carbons (Fsp3) is 0.303. The van der Waals surface area contributed by atoms with E-state index in [0.29, 0.717) is 37.1 Å². The summed E-state index contributed by atoms with van der Waals surface area (Å²) in [5.74, 6) is -1.72. The van der Waals surface area contributed by atoms with Gasteiger partial charge < -0.3 is 19.5 Å². The summed E-state index contributed by atoms with van der Waals surface area (Å²) in [7, 11) is 0.540. The number of nitrogens with zero attached hydrogens (tertiary/aromatic N) is 2. The van der Waals surface area contributed by atoms with Gasteiger partial charge in [-0.15, -0.1) is 0 Å². The number of phenols is 1. The van der Waals surface area contributed by atoms with Crippen LogP contribution in [0.25, 0.3) is 11.6 Å². The lowest BCUT2D eigenvalue weighted by Gasteiger charge is -2.43. The number of aromatic nitrogens is 1. The summed E-state index contributed by atoms with van der Waals surface area (Å²) in [6.07, 6.45) is 4.81. The maximum atomic E-state index is 13.9. The van der Waals surface area contributed by atoms with Crippen molar-refractivity contribution in [2.45, 2.75) is 31.7 Å². The van der Waals surface area contributed by atoms with Gasteiger partial charge in [0.25, 0.3) is 0 Å². The minimum absolute atomic E-state index is 0.150. The second kappa shape index (κ2) is 12.6. The van der Waals surface area contributed by atoms with Gasteiger partial charge in [0, 0.05) is 23.3 Å². The van der Waals surface area contributed by atoms with E-state index in [1.165, 1.54) is 4.90 Å². The highest BCUT2D eigenvalue weighted by Gasteiger charge is 2.57. The van der Waals surface area contributed by atoms with Crippen LogP contribution < -0.4 is 4.90 Å². The van der Waals surface area contributed by atoms with Crippen molar-refractivity contribution >= 4 is 52.2 Å². The first-order valence-electron chi connectivity index (χ1n) is 14.4. The predicted molar refractivity (Wildman–Crippen MR) is 168 cm³/mol. The summed E-state index contributed by atoms with van der Waals surface area (Å²) in [5.41, 5.74) is 4.77. The Bertz CT molecular complexity index is 1580. The molecule has 2 saturated heterocycles. The number of imide groups is 1. The average molecular weight is 643 g/mol. The van der Waals surface area contributed by atoms with E-state index in [1.807, 2.05) is 48.5 Å². The zero-order chi connectivity index (χ0) is 30.1. The highest BCUT2D eigenvalue weighted by atomic mass is 79.9. The number of carbonyl (C=O) groups is 2. The molecule has 2 fully saturated rings. The van der Waals surface area contributed by atoms with Crippen molar-refractivity contribution in [1.82, 2.24) is 4.98 Å². The molecule has 0 spiro atoms. The molecule has 8 nitrogen and oxygen atoms in total. The molecule has 43 heavy (non-hydrogen) atoms. The summed E-state index contributed by atoms with van der Waals surface area (Å²) < 4.78 is 12.6. The second-order valence-corrected chi connectivity index (χ2v) is 12.1. The van der Waals surface area contributed by atoms with Crippen LogP contribution in [0.2, 0.25) is 6.32 Å². The molecule has 0 bridgehead atoms. The van der Waals surface area contributed by atoms with Crippen LogP contribution in [0, 0.1) is 17.8 Å². The predicted octanol–water partition coefficient (Wildman–Crippen LogP) is 5.52. The van der Waals surface area contributed by atoms with Crippen LogP contribution >= 0.6 is 15.9 Å². The van der Waals surface area contributed by atoms with Crippen LogP contribution in [0.15, 0.2) is 88.5 Å². The van der Waals surface area contributed by atoms with Crippen molar-refractivity contribution in [3.05, 3.63) is 99.8 Å². The first kappa shape index (κ1) is 29.5. The summed E-state index contributed by atoms with van der Waals surface area (Å²) in [5, 5.41) is 21.5. The Morgan fingerprint density at radius 2 is 1.91 bits per heavy atom. The Balaban J connectivity index is 1.34. The highest BCUT2D eigenvalue weighted by molar-refractivity contribution is 9.10. The molecule has 3 heterocycles. The molecule has 0 radical (unpaired) electrons. The molecule has 1 aromatic heterocycles. The van der Waals surface area contributed by atoms with E-state index in [-0.39, 0.29) is 29.8 Å². The highest BCUT2D eigenvalue weighted by Crippen LogP contribution is 2.51. The van der Waals surface area contributed by atoms with Gasteiger partial charge in [-0.3, -0.25) is 19.5 Å². The molecule has 0 saturated carbocycles. The average Bonchev–Trinajstić information content (AvgIpc) is 3.26. The third-order valence-electron chi connectivity index (χ3n) is 8.63. The quantitative estimate of drug-likeness (QED) is 0.189.